The van der Waals surface area contributed by atoms with Crippen molar-refractivity contribution >= 4 is 45.9 Å². The molecule has 6 nitrogen and oxygen atoms in total. The maximum Gasteiger partial charge on any atom is 0.189 e. The number of H-pyrrole nitrogens is 1. The number of nitrogens with zero attached hydrogens (tertiary/aromatic N) is 3. The second kappa shape index (κ2) is 8.62. The summed E-state index contributed by atoms with van der Waals surface area (Å²) in [5, 5.41) is 10.3. The number of aromatic amines is 1. The molecule has 1 aliphatic rings. The van der Waals surface area contributed by atoms with Crippen LogP contribution in [0.25, 0.3) is 11.4 Å². The average molecular weight is 491 g/mol. The highest BCUT2D eigenvalue weighted by molar-refractivity contribution is 14.0. The average Bonchev–Trinajstić information content (AvgIpc) is 2.93. The monoisotopic (exact) mass is 490 g/mol. The van der Waals surface area contributed by atoms with Crippen molar-refractivity contribution < 1.29 is 0 Å². The fraction of sp³-hybridized carbons (Fsp3) is 0.400. The zero-order valence-corrected chi connectivity index (χ0v) is 16.5. The molecule has 3 rings (SSSR count). The lowest BCUT2D eigenvalue weighted by molar-refractivity contribution is 0.315. The highest BCUT2D eigenvalue weighted by atomic mass is 127. The van der Waals surface area contributed by atoms with Crippen LogP contribution in [0.3, 0.4) is 0 Å². The van der Waals surface area contributed by atoms with E-state index in [2.05, 4.69) is 41.4 Å². The fourth-order valence-corrected chi connectivity index (χ4v) is 2.52. The Bertz CT molecular complexity index is 650. The molecule has 0 aliphatic heterocycles. The number of aromatic nitrogens is 3. The van der Waals surface area contributed by atoms with Gasteiger partial charge in [-0.1, -0.05) is 34.5 Å². The van der Waals surface area contributed by atoms with Crippen molar-refractivity contribution in [2.24, 2.45) is 16.6 Å². The van der Waals surface area contributed by atoms with E-state index in [1.807, 2.05) is 24.3 Å². The fourth-order valence-electron chi connectivity index (χ4n) is 2.26. The molecule has 23 heavy (non-hydrogen) atoms. The van der Waals surface area contributed by atoms with Crippen LogP contribution in [0.1, 0.15) is 25.1 Å². The molecule has 1 aliphatic carbocycles. The van der Waals surface area contributed by atoms with Crippen LogP contribution in [0.2, 0.25) is 0 Å². The third kappa shape index (κ3) is 5.17. The number of nitrogens with two attached hydrogens (primary N) is 1. The van der Waals surface area contributed by atoms with Crippen LogP contribution in [-0.4, -0.2) is 27.7 Å². The lowest BCUT2D eigenvalue weighted by Gasteiger charge is -2.25. The number of aliphatic imine (C=N–C) groups is 1. The van der Waals surface area contributed by atoms with E-state index in [0.717, 1.165) is 22.5 Å². The van der Waals surface area contributed by atoms with Crippen LogP contribution in [0.15, 0.2) is 33.7 Å². The van der Waals surface area contributed by atoms with Gasteiger partial charge in [-0.25, -0.2) is 9.98 Å². The summed E-state index contributed by atoms with van der Waals surface area (Å²) < 4.78 is 1.03. The van der Waals surface area contributed by atoms with Gasteiger partial charge in [0.2, 0.25) is 0 Å². The van der Waals surface area contributed by atoms with Crippen LogP contribution in [0, 0.1) is 5.92 Å². The van der Waals surface area contributed by atoms with E-state index >= 15 is 0 Å². The third-order valence-electron chi connectivity index (χ3n) is 3.83. The normalized spacial score (nSPS) is 14.9. The van der Waals surface area contributed by atoms with Gasteiger partial charge in [0.1, 0.15) is 12.4 Å². The van der Waals surface area contributed by atoms with Crippen LogP contribution in [0.4, 0.5) is 0 Å². The summed E-state index contributed by atoms with van der Waals surface area (Å²) >= 11 is 3.41. The zero-order valence-electron chi connectivity index (χ0n) is 12.6. The van der Waals surface area contributed by atoms with Gasteiger partial charge >= 0.3 is 0 Å². The summed E-state index contributed by atoms with van der Waals surface area (Å²) in [6, 6.07) is 7.86. The first kappa shape index (κ1) is 18.2. The molecule has 0 atom stereocenters. The summed E-state index contributed by atoms with van der Waals surface area (Å²) in [6.45, 7) is 1.31. The minimum Gasteiger partial charge on any atom is -0.370 e. The van der Waals surface area contributed by atoms with Gasteiger partial charge in [-0.15, -0.1) is 24.0 Å². The lowest BCUT2D eigenvalue weighted by atomic mass is 9.85. The van der Waals surface area contributed by atoms with Gasteiger partial charge < -0.3 is 11.1 Å². The molecule has 0 unspecified atom stereocenters. The smallest absolute Gasteiger partial charge is 0.189 e. The molecule has 8 heteroatoms. The topological polar surface area (TPSA) is 92.0 Å². The second-order valence-electron chi connectivity index (χ2n) is 5.49. The highest BCUT2D eigenvalue weighted by Crippen LogP contribution is 2.25. The molecular weight excluding hydrogens is 471 g/mol. The van der Waals surface area contributed by atoms with Crippen molar-refractivity contribution in [2.45, 2.75) is 25.8 Å². The highest BCUT2D eigenvalue weighted by Gasteiger charge is 2.16. The molecule has 0 radical (unpaired) electrons. The molecule has 1 aromatic carbocycles. The van der Waals surface area contributed by atoms with Gasteiger partial charge in [-0.2, -0.15) is 5.10 Å². The maximum absolute atomic E-state index is 5.85. The van der Waals surface area contributed by atoms with E-state index in [1.54, 1.807) is 0 Å². The molecular formula is C15H20BrIN6. The largest absolute Gasteiger partial charge is 0.370 e. The van der Waals surface area contributed by atoms with Gasteiger partial charge in [0, 0.05) is 16.6 Å². The van der Waals surface area contributed by atoms with Crippen molar-refractivity contribution in [1.82, 2.24) is 20.5 Å². The predicted molar refractivity (Wildman–Crippen MR) is 106 cm³/mol. The van der Waals surface area contributed by atoms with Crippen molar-refractivity contribution in [1.29, 1.82) is 0 Å². The number of nitrogens with one attached hydrogen (secondary N) is 2. The zero-order chi connectivity index (χ0) is 15.4. The molecule has 1 aromatic heterocycles. The van der Waals surface area contributed by atoms with Crippen molar-refractivity contribution in [3.63, 3.8) is 0 Å². The van der Waals surface area contributed by atoms with E-state index in [0.29, 0.717) is 24.2 Å². The van der Waals surface area contributed by atoms with Crippen molar-refractivity contribution in [3.8, 4) is 11.4 Å². The Morgan fingerprint density at radius 2 is 2.09 bits per heavy atom. The Hall–Kier alpha value is -1.16. The molecule has 0 amide bonds. The Labute approximate surface area is 160 Å². The van der Waals surface area contributed by atoms with Gasteiger partial charge in [0.25, 0.3) is 0 Å². The number of benzene rings is 1. The van der Waals surface area contributed by atoms with Crippen molar-refractivity contribution in [2.75, 3.05) is 6.54 Å². The van der Waals surface area contributed by atoms with Crippen LogP contribution in [0.5, 0.6) is 0 Å². The number of halogens is 2. The molecule has 0 saturated heterocycles. The number of guanidine groups is 1. The Kier molecular flexibility index (Phi) is 6.82. The molecule has 124 valence electrons. The quantitative estimate of drug-likeness (QED) is 0.341. The van der Waals surface area contributed by atoms with E-state index < -0.39 is 0 Å². The van der Waals surface area contributed by atoms with Crippen molar-refractivity contribution in [3.05, 3.63) is 34.6 Å². The Morgan fingerprint density at radius 1 is 1.35 bits per heavy atom. The van der Waals surface area contributed by atoms with E-state index in [-0.39, 0.29) is 24.0 Å². The summed E-state index contributed by atoms with van der Waals surface area (Å²) in [5.74, 6) is 2.58. The summed E-state index contributed by atoms with van der Waals surface area (Å²) in [5.41, 5.74) is 6.82. The molecule has 1 heterocycles. The lowest BCUT2D eigenvalue weighted by Crippen LogP contribution is -2.37. The van der Waals surface area contributed by atoms with Gasteiger partial charge in [0.05, 0.1) is 0 Å². The van der Waals surface area contributed by atoms with Gasteiger partial charge in [0.15, 0.2) is 11.8 Å². The van der Waals surface area contributed by atoms with E-state index in [4.69, 9.17) is 5.73 Å². The summed E-state index contributed by atoms with van der Waals surface area (Å²) in [4.78, 5) is 8.72. The number of hydrogen-bond donors (Lipinski definition) is 3. The van der Waals surface area contributed by atoms with Crippen LogP contribution in [-0.2, 0) is 6.54 Å². The summed E-state index contributed by atoms with van der Waals surface area (Å²) in [7, 11) is 0. The maximum atomic E-state index is 5.85. The van der Waals surface area contributed by atoms with E-state index in [1.165, 1.54) is 19.3 Å². The predicted octanol–water partition coefficient (Wildman–Crippen LogP) is 3.06. The standard InChI is InChI=1S/C15H19BrN6.HI/c16-12-6-4-11(5-7-12)14-20-13(21-22-14)9-19-15(17)18-8-10-2-1-3-10;/h4-7,10H,1-3,8-9H2,(H3,17,18,19)(H,20,21,22);1H. The first-order chi connectivity index (χ1) is 10.7. The minimum absolute atomic E-state index is 0. The first-order valence-electron chi connectivity index (χ1n) is 7.42. The molecule has 0 spiro atoms. The minimum atomic E-state index is 0. The van der Waals surface area contributed by atoms with Crippen LogP contribution >= 0.6 is 39.9 Å². The SMILES string of the molecule is I.NC(=NCc1nc(-c2ccc(Br)cc2)n[nH]1)NCC1CCC1. The molecule has 1 fully saturated rings. The van der Waals surface area contributed by atoms with Crippen LogP contribution < -0.4 is 11.1 Å². The molecule has 2 aromatic rings. The molecule has 1 saturated carbocycles. The van der Waals surface area contributed by atoms with Gasteiger partial charge in [-0.05, 0) is 30.9 Å². The number of hydrogen-bond acceptors (Lipinski definition) is 3. The third-order valence-corrected chi connectivity index (χ3v) is 4.36. The van der Waals surface area contributed by atoms with E-state index in [9.17, 15) is 0 Å². The first-order valence-corrected chi connectivity index (χ1v) is 8.21. The second-order valence-corrected chi connectivity index (χ2v) is 6.41. The Morgan fingerprint density at radius 3 is 2.74 bits per heavy atom. The molecule has 0 bridgehead atoms. The molecule has 4 N–H and O–H groups in total. The van der Waals surface area contributed by atoms with Gasteiger partial charge in [-0.3, -0.25) is 5.10 Å². The Balaban J connectivity index is 0.00000192. The summed E-state index contributed by atoms with van der Waals surface area (Å²) in [6.07, 6.45) is 3.91. The number of rotatable bonds is 5.